The molecule has 0 saturated heterocycles. The van der Waals surface area contributed by atoms with Crippen molar-refractivity contribution in [2.45, 2.75) is 33.3 Å². The summed E-state index contributed by atoms with van der Waals surface area (Å²) in [6.07, 6.45) is -0.590. The normalized spacial score (nSPS) is 11.4. The van der Waals surface area contributed by atoms with E-state index in [4.69, 9.17) is 9.47 Å². The van der Waals surface area contributed by atoms with Crippen molar-refractivity contribution in [1.29, 1.82) is 0 Å². The molecule has 0 aliphatic carbocycles. The average Bonchev–Trinajstić information content (AvgIpc) is 2.64. The maximum absolute atomic E-state index is 12.1. The maximum atomic E-state index is 12.1. The van der Waals surface area contributed by atoms with Crippen LogP contribution < -0.4 is 20.3 Å². The second kappa shape index (κ2) is 8.89. The first-order valence-electron chi connectivity index (χ1n) is 8.35. The topological polar surface area (TPSA) is 76.7 Å². The monoisotopic (exact) mass is 356 g/mol. The number of hydrogen-bond donors (Lipinski definition) is 2. The lowest BCUT2D eigenvalue weighted by Crippen LogP contribution is -2.47. The Bertz CT molecular complexity index is 772. The van der Waals surface area contributed by atoms with E-state index < -0.39 is 12.0 Å². The number of nitrogens with one attached hydrogen (secondary N) is 2. The zero-order chi connectivity index (χ0) is 19.1. The summed E-state index contributed by atoms with van der Waals surface area (Å²) in [4.78, 5) is 24.1. The summed E-state index contributed by atoms with van der Waals surface area (Å²) in [5.41, 5.74) is 7.68. The third-order valence-corrected chi connectivity index (χ3v) is 4.08. The number of amides is 2. The number of hydrogen-bond acceptors (Lipinski definition) is 4. The predicted octanol–water partition coefficient (Wildman–Crippen LogP) is 2.47. The molecule has 0 fully saturated rings. The molecular formula is C20H24N2O4. The van der Waals surface area contributed by atoms with E-state index in [0.29, 0.717) is 5.75 Å². The molecular weight excluding hydrogens is 332 g/mol. The highest BCUT2D eigenvalue weighted by molar-refractivity contribution is 5.85. The molecule has 6 heteroatoms. The number of rotatable bonds is 6. The molecule has 0 saturated carbocycles. The minimum atomic E-state index is -0.739. The fourth-order valence-electron chi connectivity index (χ4n) is 2.30. The number of aryl methyl sites for hydroxylation is 1. The summed E-state index contributed by atoms with van der Waals surface area (Å²) in [5.74, 6) is 0.633. The van der Waals surface area contributed by atoms with Crippen LogP contribution in [0.15, 0.2) is 42.5 Å². The molecule has 0 bridgehead atoms. The van der Waals surface area contributed by atoms with Gasteiger partial charge in [0.25, 0.3) is 5.91 Å². The Labute approximate surface area is 153 Å². The van der Waals surface area contributed by atoms with Crippen LogP contribution in [0.4, 0.5) is 0 Å². The average molecular weight is 356 g/mol. The van der Waals surface area contributed by atoms with Crippen molar-refractivity contribution < 1.29 is 19.1 Å². The van der Waals surface area contributed by atoms with E-state index in [2.05, 4.69) is 10.9 Å². The quantitative estimate of drug-likeness (QED) is 0.780. The summed E-state index contributed by atoms with van der Waals surface area (Å²) in [6, 6.07) is 12.8. The van der Waals surface area contributed by atoms with Gasteiger partial charge in [-0.25, -0.2) is 0 Å². The molecule has 0 aliphatic rings. The van der Waals surface area contributed by atoms with Crippen molar-refractivity contribution in [3.05, 3.63) is 59.2 Å². The van der Waals surface area contributed by atoms with Gasteiger partial charge in [0.1, 0.15) is 11.5 Å². The van der Waals surface area contributed by atoms with Crippen molar-refractivity contribution in [3.8, 4) is 11.5 Å². The third-order valence-electron chi connectivity index (χ3n) is 4.08. The van der Waals surface area contributed by atoms with Gasteiger partial charge in [-0.05, 0) is 55.7 Å². The number of methoxy groups -OCH3 is 1. The molecule has 0 unspecified atom stereocenters. The van der Waals surface area contributed by atoms with Gasteiger partial charge < -0.3 is 9.47 Å². The number of ether oxygens (including phenoxy) is 2. The van der Waals surface area contributed by atoms with E-state index in [1.165, 1.54) is 0 Å². The Hall–Kier alpha value is -3.02. The molecule has 6 nitrogen and oxygen atoms in total. The Morgan fingerprint density at radius 2 is 1.73 bits per heavy atom. The van der Waals surface area contributed by atoms with Gasteiger partial charge in [-0.15, -0.1) is 0 Å². The van der Waals surface area contributed by atoms with Gasteiger partial charge in [0.2, 0.25) is 5.91 Å². The van der Waals surface area contributed by atoms with E-state index in [0.717, 1.165) is 22.4 Å². The molecule has 0 radical (unpaired) electrons. The molecule has 138 valence electrons. The Morgan fingerprint density at radius 3 is 2.38 bits per heavy atom. The number of carbonyl (C=O) groups excluding carboxylic acids is 2. The number of hydrazine groups is 1. The van der Waals surface area contributed by atoms with Gasteiger partial charge in [0, 0.05) is 0 Å². The van der Waals surface area contributed by atoms with Crippen LogP contribution in [0.3, 0.4) is 0 Å². The molecule has 2 rings (SSSR count). The van der Waals surface area contributed by atoms with Crippen LogP contribution in [0.1, 0.15) is 23.6 Å². The van der Waals surface area contributed by atoms with Crippen molar-refractivity contribution in [3.63, 3.8) is 0 Å². The van der Waals surface area contributed by atoms with Crippen molar-refractivity contribution in [2.75, 3.05) is 7.11 Å². The van der Waals surface area contributed by atoms with Gasteiger partial charge in [-0.1, -0.05) is 24.3 Å². The van der Waals surface area contributed by atoms with E-state index in [1.807, 2.05) is 32.0 Å². The van der Waals surface area contributed by atoms with Crippen LogP contribution in [0.2, 0.25) is 0 Å². The molecule has 1 atom stereocenters. The fraction of sp³-hybridized carbons (Fsp3) is 0.300. The third kappa shape index (κ3) is 5.24. The van der Waals surface area contributed by atoms with Crippen molar-refractivity contribution in [2.24, 2.45) is 0 Å². The van der Waals surface area contributed by atoms with Gasteiger partial charge in [-0.3, -0.25) is 20.4 Å². The summed E-state index contributed by atoms with van der Waals surface area (Å²) >= 11 is 0. The van der Waals surface area contributed by atoms with Crippen LogP contribution in [0, 0.1) is 13.8 Å². The van der Waals surface area contributed by atoms with Crippen molar-refractivity contribution >= 4 is 11.8 Å². The number of carbonyl (C=O) groups is 2. The van der Waals surface area contributed by atoms with Gasteiger partial charge in [0.15, 0.2) is 6.10 Å². The largest absolute Gasteiger partial charge is 0.497 e. The molecule has 26 heavy (non-hydrogen) atoms. The van der Waals surface area contributed by atoms with Crippen LogP contribution in [-0.4, -0.2) is 25.0 Å². The van der Waals surface area contributed by atoms with E-state index in [-0.39, 0.29) is 12.3 Å². The second-order valence-electron chi connectivity index (χ2n) is 6.02. The SMILES string of the molecule is COc1ccc(CC(=O)NNC(=O)[C@H](C)Oc2cccc(C)c2C)cc1. The molecule has 0 heterocycles. The highest BCUT2D eigenvalue weighted by Gasteiger charge is 2.16. The van der Waals surface area contributed by atoms with Crippen LogP contribution in [0.25, 0.3) is 0 Å². The Kier molecular flexibility index (Phi) is 6.60. The Balaban J connectivity index is 1.82. The van der Waals surface area contributed by atoms with Gasteiger partial charge in [0.05, 0.1) is 13.5 Å². The van der Waals surface area contributed by atoms with Crippen LogP contribution in [0.5, 0.6) is 11.5 Å². The van der Waals surface area contributed by atoms with Crippen LogP contribution >= 0.6 is 0 Å². The predicted molar refractivity (Wildman–Crippen MR) is 99.0 cm³/mol. The molecule has 2 amide bonds. The van der Waals surface area contributed by atoms with Crippen molar-refractivity contribution in [1.82, 2.24) is 10.9 Å². The first-order chi connectivity index (χ1) is 12.4. The van der Waals surface area contributed by atoms with Crippen LogP contribution in [-0.2, 0) is 16.0 Å². The summed E-state index contributed by atoms with van der Waals surface area (Å²) < 4.78 is 10.8. The van der Waals surface area contributed by atoms with Gasteiger partial charge >= 0.3 is 0 Å². The molecule has 0 aromatic heterocycles. The first-order valence-corrected chi connectivity index (χ1v) is 8.35. The first kappa shape index (κ1) is 19.3. The highest BCUT2D eigenvalue weighted by Crippen LogP contribution is 2.21. The van der Waals surface area contributed by atoms with E-state index >= 15 is 0 Å². The molecule has 0 spiro atoms. The lowest BCUT2D eigenvalue weighted by molar-refractivity contribution is -0.132. The van der Waals surface area contributed by atoms with Gasteiger partial charge in [-0.2, -0.15) is 0 Å². The minimum Gasteiger partial charge on any atom is -0.497 e. The lowest BCUT2D eigenvalue weighted by atomic mass is 10.1. The summed E-state index contributed by atoms with van der Waals surface area (Å²) in [7, 11) is 1.58. The fourth-order valence-corrected chi connectivity index (χ4v) is 2.30. The lowest BCUT2D eigenvalue weighted by Gasteiger charge is -2.17. The minimum absolute atomic E-state index is 0.149. The Morgan fingerprint density at radius 1 is 1.04 bits per heavy atom. The standard InChI is InChI=1S/C20H24N2O4/c1-13-6-5-7-18(14(13)2)26-15(3)20(24)22-21-19(23)12-16-8-10-17(25-4)11-9-16/h5-11,15H,12H2,1-4H3,(H,21,23)(H,22,24)/t15-/m0/s1. The maximum Gasteiger partial charge on any atom is 0.279 e. The molecule has 2 N–H and O–H groups in total. The number of benzene rings is 2. The summed E-state index contributed by atoms with van der Waals surface area (Å²) in [5, 5.41) is 0. The molecule has 2 aromatic rings. The smallest absolute Gasteiger partial charge is 0.279 e. The second-order valence-corrected chi connectivity index (χ2v) is 6.02. The molecule has 2 aromatic carbocycles. The van der Waals surface area contributed by atoms with E-state index in [1.54, 1.807) is 38.3 Å². The zero-order valence-electron chi connectivity index (χ0n) is 15.5. The van der Waals surface area contributed by atoms with E-state index in [9.17, 15) is 9.59 Å². The zero-order valence-corrected chi connectivity index (χ0v) is 15.5. The summed E-state index contributed by atoms with van der Waals surface area (Å²) in [6.45, 7) is 5.55. The highest BCUT2D eigenvalue weighted by atomic mass is 16.5. The molecule has 0 aliphatic heterocycles.